The average molecular weight is 355 g/mol. The molecule has 0 spiro atoms. The summed E-state index contributed by atoms with van der Waals surface area (Å²) in [6, 6.07) is 6.20. The Morgan fingerprint density at radius 2 is 1.83 bits per heavy atom. The van der Waals surface area contributed by atoms with Crippen molar-refractivity contribution in [2.24, 2.45) is 0 Å². The fourth-order valence-electron chi connectivity index (χ4n) is 2.57. The van der Waals surface area contributed by atoms with Gasteiger partial charge in [0, 0.05) is 12.8 Å². The maximum absolute atomic E-state index is 13.6. The Morgan fingerprint density at radius 1 is 1.12 bits per heavy atom. The summed E-state index contributed by atoms with van der Waals surface area (Å²) in [6.45, 7) is 2.04. The second-order valence-electron chi connectivity index (χ2n) is 5.50. The van der Waals surface area contributed by atoms with Crippen molar-refractivity contribution >= 4 is 15.5 Å². The zero-order chi connectivity index (χ0) is 17.9. The molecule has 0 bridgehead atoms. The van der Waals surface area contributed by atoms with E-state index in [0.29, 0.717) is 29.8 Å². The maximum atomic E-state index is 13.6. The molecule has 0 aliphatic rings. The van der Waals surface area contributed by atoms with Crippen LogP contribution in [0.4, 0.5) is 14.5 Å². The molecule has 0 saturated carbocycles. The van der Waals surface area contributed by atoms with Crippen molar-refractivity contribution in [3.8, 4) is 5.75 Å². The van der Waals surface area contributed by atoms with E-state index in [1.807, 2.05) is 0 Å². The average Bonchev–Trinajstić information content (AvgIpc) is 2.45. The third-order valence-electron chi connectivity index (χ3n) is 3.57. The van der Waals surface area contributed by atoms with Crippen molar-refractivity contribution in [1.29, 1.82) is 0 Å². The zero-order valence-corrected chi connectivity index (χ0v) is 14.5. The maximum Gasteiger partial charge on any atom is 0.177 e. The van der Waals surface area contributed by atoms with Crippen LogP contribution in [0.2, 0.25) is 0 Å². The Bertz CT molecular complexity index is 851. The summed E-state index contributed by atoms with van der Waals surface area (Å²) in [6.07, 6.45) is 1.45. The number of halogens is 2. The zero-order valence-electron chi connectivity index (χ0n) is 13.7. The van der Waals surface area contributed by atoms with E-state index in [0.717, 1.165) is 18.4 Å². The van der Waals surface area contributed by atoms with Gasteiger partial charge in [0.2, 0.25) is 0 Å². The SMILES string of the molecule is COc1c(C)cc(F)cc1CCNc1cc(F)ccc1S(C)(=O)=O. The Kier molecular flexibility index (Phi) is 5.43. The third-order valence-corrected chi connectivity index (χ3v) is 4.73. The van der Waals surface area contributed by atoms with E-state index in [1.165, 1.54) is 25.3 Å². The van der Waals surface area contributed by atoms with Crippen LogP contribution in [0.3, 0.4) is 0 Å². The molecular weight excluding hydrogens is 336 g/mol. The number of anilines is 1. The molecule has 24 heavy (non-hydrogen) atoms. The molecule has 0 aromatic heterocycles. The lowest BCUT2D eigenvalue weighted by molar-refractivity contribution is 0.405. The fraction of sp³-hybridized carbons (Fsp3) is 0.294. The molecule has 130 valence electrons. The monoisotopic (exact) mass is 355 g/mol. The number of benzene rings is 2. The number of sulfone groups is 1. The molecule has 7 heteroatoms. The number of hydrogen-bond donors (Lipinski definition) is 1. The van der Waals surface area contributed by atoms with Crippen LogP contribution >= 0.6 is 0 Å². The van der Waals surface area contributed by atoms with Crippen molar-refractivity contribution in [2.45, 2.75) is 18.2 Å². The van der Waals surface area contributed by atoms with Gasteiger partial charge in [0.1, 0.15) is 17.4 Å². The van der Waals surface area contributed by atoms with E-state index < -0.39 is 15.7 Å². The number of methoxy groups -OCH3 is 1. The standard InChI is InChI=1S/C17H19F2NO3S/c1-11-8-14(19)9-12(17(11)23-2)6-7-20-15-10-13(18)4-5-16(15)24(3,21)22/h4-5,8-10,20H,6-7H2,1-3H3. The van der Waals surface area contributed by atoms with Crippen molar-refractivity contribution in [1.82, 2.24) is 0 Å². The van der Waals surface area contributed by atoms with Gasteiger partial charge < -0.3 is 10.1 Å². The second-order valence-corrected chi connectivity index (χ2v) is 7.49. The first-order valence-corrected chi connectivity index (χ1v) is 9.18. The van der Waals surface area contributed by atoms with Gasteiger partial charge in [0.25, 0.3) is 0 Å². The molecule has 0 heterocycles. The molecule has 4 nitrogen and oxygen atoms in total. The lowest BCUT2D eigenvalue weighted by Gasteiger charge is -2.14. The third kappa shape index (κ3) is 4.23. The van der Waals surface area contributed by atoms with Gasteiger partial charge in [-0.05, 0) is 54.8 Å². The van der Waals surface area contributed by atoms with Gasteiger partial charge in [0.15, 0.2) is 9.84 Å². The highest BCUT2D eigenvalue weighted by Gasteiger charge is 2.14. The van der Waals surface area contributed by atoms with E-state index in [-0.39, 0.29) is 16.4 Å². The minimum atomic E-state index is -3.49. The number of rotatable bonds is 6. The van der Waals surface area contributed by atoms with Gasteiger partial charge in [-0.2, -0.15) is 0 Å². The smallest absolute Gasteiger partial charge is 0.177 e. The van der Waals surface area contributed by atoms with E-state index in [1.54, 1.807) is 6.92 Å². The number of ether oxygens (including phenoxy) is 1. The minimum absolute atomic E-state index is 0.0197. The van der Waals surface area contributed by atoms with Gasteiger partial charge >= 0.3 is 0 Å². The highest BCUT2D eigenvalue weighted by molar-refractivity contribution is 7.90. The van der Waals surface area contributed by atoms with Gasteiger partial charge in [0.05, 0.1) is 17.7 Å². The first-order chi connectivity index (χ1) is 11.2. The van der Waals surface area contributed by atoms with Gasteiger partial charge in [-0.1, -0.05) is 0 Å². The van der Waals surface area contributed by atoms with Gasteiger partial charge in [-0.25, -0.2) is 17.2 Å². The molecular formula is C17H19F2NO3S. The molecule has 0 fully saturated rings. The Hall–Kier alpha value is -2.15. The summed E-state index contributed by atoms with van der Waals surface area (Å²) in [5.74, 6) is -0.323. The summed E-state index contributed by atoms with van der Waals surface area (Å²) >= 11 is 0. The fourth-order valence-corrected chi connectivity index (χ4v) is 3.42. The first kappa shape index (κ1) is 18.2. The van der Waals surface area contributed by atoms with Crippen LogP contribution in [0.25, 0.3) is 0 Å². The number of hydrogen-bond acceptors (Lipinski definition) is 4. The van der Waals surface area contributed by atoms with Crippen LogP contribution < -0.4 is 10.1 Å². The van der Waals surface area contributed by atoms with Crippen molar-refractivity contribution in [3.05, 3.63) is 53.1 Å². The van der Waals surface area contributed by atoms with Gasteiger partial charge in [-0.15, -0.1) is 0 Å². The summed E-state index contributed by atoms with van der Waals surface area (Å²) in [7, 11) is -1.98. The molecule has 1 N–H and O–H groups in total. The molecule has 0 unspecified atom stereocenters. The van der Waals surface area contributed by atoms with Crippen molar-refractivity contribution < 1.29 is 21.9 Å². The summed E-state index contributed by atoms with van der Waals surface area (Å²) in [5, 5.41) is 2.90. The lowest BCUT2D eigenvalue weighted by atomic mass is 10.1. The van der Waals surface area contributed by atoms with Crippen LogP contribution in [-0.2, 0) is 16.3 Å². The molecule has 0 atom stereocenters. The van der Waals surface area contributed by atoms with E-state index in [4.69, 9.17) is 4.74 Å². The van der Waals surface area contributed by atoms with Crippen LogP contribution in [0, 0.1) is 18.6 Å². The van der Waals surface area contributed by atoms with E-state index in [2.05, 4.69) is 5.32 Å². The molecule has 2 aromatic rings. The summed E-state index contributed by atoms with van der Waals surface area (Å²) in [5.41, 5.74) is 1.51. The molecule has 0 aliphatic heterocycles. The Labute approximate surface area is 140 Å². The van der Waals surface area contributed by atoms with Crippen LogP contribution in [0.5, 0.6) is 5.75 Å². The normalized spacial score (nSPS) is 11.4. The van der Waals surface area contributed by atoms with Crippen LogP contribution in [-0.4, -0.2) is 28.3 Å². The Balaban J connectivity index is 2.20. The molecule has 0 aliphatic carbocycles. The molecule has 0 saturated heterocycles. The molecule has 2 rings (SSSR count). The summed E-state index contributed by atoms with van der Waals surface area (Å²) in [4.78, 5) is 0.0197. The molecule has 2 aromatic carbocycles. The Morgan fingerprint density at radius 3 is 2.46 bits per heavy atom. The minimum Gasteiger partial charge on any atom is -0.496 e. The highest BCUT2D eigenvalue weighted by Crippen LogP contribution is 2.26. The largest absolute Gasteiger partial charge is 0.496 e. The van der Waals surface area contributed by atoms with E-state index >= 15 is 0 Å². The van der Waals surface area contributed by atoms with E-state index in [9.17, 15) is 17.2 Å². The van der Waals surface area contributed by atoms with Crippen molar-refractivity contribution in [3.63, 3.8) is 0 Å². The number of aryl methyl sites for hydroxylation is 1. The first-order valence-electron chi connectivity index (χ1n) is 7.29. The lowest BCUT2D eigenvalue weighted by Crippen LogP contribution is -2.10. The highest BCUT2D eigenvalue weighted by atomic mass is 32.2. The van der Waals surface area contributed by atoms with Crippen molar-refractivity contribution in [2.75, 3.05) is 25.2 Å². The molecule has 0 radical (unpaired) electrons. The quantitative estimate of drug-likeness (QED) is 0.808. The predicted octanol–water partition coefficient (Wildman–Crippen LogP) is 3.34. The topological polar surface area (TPSA) is 55.4 Å². The molecule has 0 amide bonds. The predicted molar refractivity (Wildman–Crippen MR) is 89.4 cm³/mol. The van der Waals surface area contributed by atoms with Crippen LogP contribution in [0.15, 0.2) is 35.2 Å². The number of nitrogens with one attached hydrogen (secondary N) is 1. The van der Waals surface area contributed by atoms with Crippen LogP contribution in [0.1, 0.15) is 11.1 Å². The summed E-state index contributed by atoms with van der Waals surface area (Å²) < 4.78 is 55.8. The van der Waals surface area contributed by atoms with Gasteiger partial charge in [-0.3, -0.25) is 0 Å². The second kappa shape index (κ2) is 7.17.